The van der Waals surface area contributed by atoms with Gasteiger partial charge in [-0.25, -0.2) is 16.8 Å². The summed E-state index contributed by atoms with van der Waals surface area (Å²) in [5, 5.41) is 1.46. The van der Waals surface area contributed by atoms with Gasteiger partial charge in [-0.05, 0) is 74.6 Å². The van der Waals surface area contributed by atoms with Gasteiger partial charge in [0.1, 0.15) is 5.56 Å². The van der Waals surface area contributed by atoms with Gasteiger partial charge in [-0.2, -0.15) is 13.2 Å². The van der Waals surface area contributed by atoms with E-state index in [2.05, 4.69) is 5.32 Å². The number of nitrogens with zero attached hydrogens (tertiary/aromatic N) is 1. The Kier molecular flexibility index (Phi) is 6.94. The lowest BCUT2D eigenvalue weighted by Gasteiger charge is -2.18. The lowest BCUT2D eigenvalue weighted by Crippen LogP contribution is -2.34. The molecule has 0 spiro atoms. The predicted octanol–water partition coefficient (Wildman–Crippen LogP) is 3.97. The highest BCUT2D eigenvalue weighted by Gasteiger charge is 2.40. The molecule has 2 saturated carbocycles. The molecule has 1 aromatic heterocycles. The summed E-state index contributed by atoms with van der Waals surface area (Å²) in [6, 6.07) is 10.8. The maximum atomic E-state index is 13.5. The maximum absolute atomic E-state index is 13.5. The van der Waals surface area contributed by atoms with Gasteiger partial charge >= 0.3 is 6.18 Å². The Bertz CT molecular complexity index is 1770. The molecule has 2 aliphatic carbocycles. The quantitative estimate of drug-likeness (QED) is 0.422. The topological polar surface area (TPSA) is 119 Å². The zero-order valence-corrected chi connectivity index (χ0v) is 22.9. The Hall–Kier alpha value is -3.45. The van der Waals surface area contributed by atoms with E-state index in [0.717, 1.165) is 28.8 Å². The van der Waals surface area contributed by atoms with Crippen molar-refractivity contribution in [3.05, 3.63) is 87.3 Å². The normalized spacial score (nSPS) is 16.1. The molecule has 0 bridgehead atoms. The molecule has 1 heterocycles. The Balaban J connectivity index is 1.50. The number of hydrogen-bond acceptors (Lipinski definition) is 6. The molecule has 0 saturated heterocycles. The fourth-order valence-electron chi connectivity index (χ4n) is 4.47. The summed E-state index contributed by atoms with van der Waals surface area (Å²) in [7, 11) is -7.33. The van der Waals surface area contributed by atoms with Crippen LogP contribution < -0.4 is 10.9 Å². The van der Waals surface area contributed by atoms with E-state index in [0.29, 0.717) is 31.2 Å². The molecular weight excluding hydrogens is 569 g/mol. The second kappa shape index (κ2) is 9.88. The molecular formula is C27H25F3N2O6S2. The molecule has 212 valence electrons. The molecule has 8 nitrogen and oxygen atoms in total. The van der Waals surface area contributed by atoms with E-state index in [9.17, 15) is 39.6 Å². The summed E-state index contributed by atoms with van der Waals surface area (Å²) in [4.78, 5) is 26.5. The molecule has 2 aromatic carbocycles. The minimum absolute atomic E-state index is 0.0970. The number of nitrogens with one attached hydrogen (secondary N) is 1. The smallest absolute Gasteiger partial charge is 0.348 e. The molecule has 0 atom stereocenters. The first-order chi connectivity index (χ1) is 18.7. The van der Waals surface area contributed by atoms with Crippen molar-refractivity contribution in [3.8, 4) is 5.69 Å². The van der Waals surface area contributed by atoms with E-state index < -0.39 is 53.7 Å². The van der Waals surface area contributed by atoms with Gasteiger partial charge in [-0.3, -0.25) is 14.2 Å². The van der Waals surface area contributed by atoms with Crippen LogP contribution in [0.4, 0.5) is 13.2 Å². The molecule has 40 heavy (non-hydrogen) atoms. The van der Waals surface area contributed by atoms with Crippen LogP contribution >= 0.6 is 0 Å². The number of alkyl halides is 3. The third-order valence-corrected chi connectivity index (χ3v) is 11.7. The van der Waals surface area contributed by atoms with E-state index >= 15 is 0 Å². The van der Waals surface area contributed by atoms with Gasteiger partial charge in [0.05, 0.1) is 25.9 Å². The van der Waals surface area contributed by atoms with E-state index in [1.54, 1.807) is 0 Å². The minimum atomic E-state index is -4.71. The van der Waals surface area contributed by atoms with Crippen LogP contribution in [0.25, 0.3) is 5.69 Å². The Morgan fingerprint density at radius 2 is 1.52 bits per heavy atom. The van der Waals surface area contributed by atoms with Crippen LogP contribution in [0.5, 0.6) is 0 Å². The first kappa shape index (κ1) is 28.1. The third-order valence-electron chi connectivity index (χ3n) is 7.02. The van der Waals surface area contributed by atoms with E-state index in [-0.39, 0.29) is 33.0 Å². The Morgan fingerprint density at radius 3 is 2.10 bits per heavy atom. The Labute approximate surface area is 228 Å². The molecule has 2 aliphatic rings. The molecule has 1 N–H and O–H groups in total. The van der Waals surface area contributed by atoms with Crippen molar-refractivity contribution in [1.82, 2.24) is 9.88 Å². The monoisotopic (exact) mass is 594 g/mol. The lowest BCUT2D eigenvalue weighted by atomic mass is 10.1. The maximum Gasteiger partial charge on any atom is 0.416 e. The number of halogens is 3. The van der Waals surface area contributed by atoms with Gasteiger partial charge in [-0.15, -0.1) is 0 Å². The summed E-state index contributed by atoms with van der Waals surface area (Å²) >= 11 is 0. The molecule has 13 heteroatoms. The van der Waals surface area contributed by atoms with Crippen molar-refractivity contribution in [2.45, 2.75) is 65.6 Å². The van der Waals surface area contributed by atoms with Crippen LogP contribution in [0, 0.1) is 6.92 Å². The average molecular weight is 595 g/mol. The summed E-state index contributed by atoms with van der Waals surface area (Å²) < 4.78 is 92.1. The van der Waals surface area contributed by atoms with Gasteiger partial charge < -0.3 is 5.32 Å². The predicted molar refractivity (Wildman–Crippen MR) is 140 cm³/mol. The summed E-state index contributed by atoms with van der Waals surface area (Å²) in [5.41, 5.74) is -2.36. The number of benzene rings is 2. The van der Waals surface area contributed by atoms with Crippen LogP contribution in [0.2, 0.25) is 0 Å². The van der Waals surface area contributed by atoms with Gasteiger partial charge in [0.15, 0.2) is 19.7 Å². The number of amides is 1. The van der Waals surface area contributed by atoms with Crippen LogP contribution in [-0.2, 0) is 32.4 Å². The van der Waals surface area contributed by atoms with Gasteiger partial charge in [-0.1, -0.05) is 18.2 Å². The zero-order valence-electron chi connectivity index (χ0n) is 21.2. The number of aromatic nitrogens is 1. The third kappa shape index (κ3) is 5.31. The molecule has 2 fully saturated rings. The highest BCUT2D eigenvalue weighted by atomic mass is 32.2. The number of pyridine rings is 1. The van der Waals surface area contributed by atoms with E-state index in [1.165, 1.54) is 37.3 Å². The summed E-state index contributed by atoms with van der Waals surface area (Å²) in [5.74, 6) is -0.923. The number of rotatable bonds is 8. The highest BCUT2D eigenvalue weighted by Crippen LogP contribution is 2.36. The summed E-state index contributed by atoms with van der Waals surface area (Å²) in [6.07, 6.45) is -2.67. The molecule has 3 aromatic rings. The van der Waals surface area contributed by atoms with Crippen LogP contribution in [-0.4, -0.2) is 37.8 Å². The van der Waals surface area contributed by atoms with Gasteiger partial charge in [0.25, 0.3) is 11.5 Å². The van der Waals surface area contributed by atoms with Crippen LogP contribution in [0.1, 0.15) is 52.9 Å². The fraction of sp³-hybridized carbons (Fsp3) is 0.333. The Morgan fingerprint density at radius 1 is 0.925 bits per heavy atom. The van der Waals surface area contributed by atoms with Crippen molar-refractivity contribution in [3.63, 3.8) is 0 Å². The summed E-state index contributed by atoms with van der Waals surface area (Å²) in [6.45, 7) is 1.21. The van der Waals surface area contributed by atoms with Crippen molar-refractivity contribution in [2.24, 2.45) is 0 Å². The molecule has 0 aliphatic heterocycles. The molecule has 1 amide bonds. The first-order valence-corrected chi connectivity index (χ1v) is 15.6. The van der Waals surface area contributed by atoms with Gasteiger partial charge in [0, 0.05) is 17.9 Å². The standard InChI is InChI=1S/C27H25F3N2O6S2/c1-16-24(40(37,38)22-11-12-22)14-23(26(34)32(16)19-4-2-3-18(13-19)27(28,29)30)25(33)31-15-17-5-7-20(8-6-17)39(35,36)21-9-10-21/h2-8,13-14,21-22H,9-12,15H2,1H3,(H,31,33). The van der Waals surface area contributed by atoms with Crippen molar-refractivity contribution in [2.75, 3.05) is 0 Å². The van der Waals surface area contributed by atoms with E-state index in [1.807, 2.05) is 0 Å². The van der Waals surface area contributed by atoms with Crippen molar-refractivity contribution < 1.29 is 34.8 Å². The number of carbonyl (C=O) groups is 1. The number of hydrogen-bond donors (Lipinski definition) is 1. The SMILES string of the molecule is Cc1c(S(=O)(=O)C2CC2)cc(C(=O)NCc2ccc(S(=O)(=O)C3CC3)cc2)c(=O)n1-c1cccc(C(F)(F)F)c1. The first-order valence-electron chi connectivity index (χ1n) is 12.5. The van der Waals surface area contributed by atoms with Crippen molar-refractivity contribution in [1.29, 1.82) is 0 Å². The second-order valence-corrected chi connectivity index (χ2v) is 14.4. The average Bonchev–Trinajstić information content (AvgIpc) is 3.79. The van der Waals surface area contributed by atoms with Crippen LogP contribution in [0.15, 0.2) is 69.2 Å². The van der Waals surface area contributed by atoms with E-state index in [4.69, 9.17) is 0 Å². The fourth-order valence-corrected chi connectivity index (χ4v) is 8.02. The number of sulfone groups is 2. The zero-order chi connectivity index (χ0) is 29.0. The highest BCUT2D eigenvalue weighted by molar-refractivity contribution is 7.92. The molecule has 0 radical (unpaired) electrons. The lowest BCUT2D eigenvalue weighted by molar-refractivity contribution is -0.137. The molecule has 5 rings (SSSR count). The minimum Gasteiger partial charge on any atom is -0.348 e. The van der Waals surface area contributed by atoms with Crippen LogP contribution in [0.3, 0.4) is 0 Å². The second-order valence-electron chi connectivity index (χ2n) is 10.0. The van der Waals surface area contributed by atoms with Gasteiger partial charge in [0.2, 0.25) is 0 Å². The number of carbonyl (C=O) groups excluding carboxylic acids is 1. The van der Waals surface area contributed by atoms with Crippen molar-refractivity contribution >= 4 is 25.6 Å². The molecule has 0 unspecified atom stereocenters. The largest absolute Gasteiger partial charge is 0.416 e.